The van der Waals surface area contributed by atoms with Gasteiger partial charge in [0.1, 0.15) is 0 Å². The Morgan fingerprint density at radius 1 is 0.927 bits per heavy atom. The lowest BCUT2D eigenvalue weighted by Crippen LogP contribution is -2.58. The van der Waals surface area contributed by atoms with Crippen LogP contribution >= 0.6 is 15.9 Å². The van der Waals surface area contributed by atoms with Crippen LogP contribution in [0.25, 0.3) is 0 Å². The maximum absolute atomic E-state index is 13.1. The number of rotatable bonds is 3. The first-order valence-electron chi connectivity index (χ1n) is 12.2. The van der Waals surface area contributed by atoms with Gasteiger partial charge in [0.15, 0.2) is 0 Å². The van der Waals surface area contributed by atoms with Gasteiger partial charge in [-0.1, -0.05) is 15.9 Å². The molecule has 3 aliphatic rings. The number of piperazine rings is 1. The van der Waals surface area contributed by atoms with E-state index in [9.17, 15) is 30.0 Å². The molecule has 3 saturated heterocycles. The highest BCUT2D eigenvalue weighted by Crippen LogP contribution is 2.34. The van der Waals surface area contributed by atoms with E-state index < -0.39 is 30.3 Å². The summed E-state index contributed by atoms with van der Waals surface area (Å²) in [6, 6.07) is 10.5. The quantitative estimate of drug-likeness (QED) is 0.380. The molecule has 3 N–H and O–H groups in total. The van der Waals surface area contributed by atoms with E-state index in [1.165, 1.54) is 4.31 Å². The summed E-state index contributed by atoms with van der Waals surface area (Å²) in [4.78, 5) is 21.3. The van der Waals surface area contributed by atoms with Crippen molar-refractivity contribution >= 4 is 57.8 Å². The Labute approximate surface area is 248 Å². The largest absolute Gasteiger partial charge is 0.371 e. The van der Waals surface area contributed by atoms with E-state index in [1.54, 1.807) is 36.7 Å². The first-order valence-corrected chi connectivity index (χ1v) is 18.1. The van der Waals surface area contributed by atoms with Gasteiger partial charge in [0.05, 0.1) is 30.1 Å². The number of halogens is 1. The topological polar surface area (TPSA) is 195 Å². The fraction of sp³-hybridized carbons (Fsp3) is 0.478. The van der Waals surface area contributed by atoms with Crippen molar-refractivity contribution in [2.24, 2.45) is 0 Å². The maximum Gasteiger partial charge on any atom is 0.261 e. The van der Waals surface area contributed by atoms with Gasteiger partial charge in [-0.2, -0.15) is 21.1 Å². The van der Waals surface area contributed by atoms with Gasteiger partial charge in [-0.3, -0.25) is 24.2 Å². The third-order valence-electron chi connectivity index (χ3n) is 6.53. The van der Waals surface area contributed by atoms with Crippen LogP contribution in [0.5, 0.6) is 0 Å². The Morgan fingerprint density at radius 2 is 1.44 bits per heavy atom. The van der Waals surface area contributed by atoms with E-state index in [4.69, 9.17) is 9.11 Å². The fourth-order valence-electron chi connectivity index (χ4n) is 4.81. The molecule has 3 aliphatic heterocycles. The van der Waals surface area contributed by atoms with E-state index in [1.807, 2.05) is 17.0 Å². The van der Waals surface area contributed by atoms with Crippen LogP contribution in [0.1, 0.15) is 12.8 Å². The molecule has 2 aromatic rings. The SMILES string of the molecule is CS(=O)(=O)O.CS(=O)(=O)O.O=C1CN(S(=O)(=O)c2ccc(Br)cc2)CC2NC3(CCN(c4ccncc4)CC3)CN12. The van der Waals surface area contributed by atoms with E-state index in [0.717, 1.165) is 36.1 Å². The Kier molecular flexibility index (Phi) is 10.6. The second-order valence-corrected chi connectivity index (χ2v) is 15.7. The second-order valence-electron chi connectivity index (χ2n) is 9.87. The summed E-state index contributed by atoms with van der Waals surface area (Å²) in [5, 5.41) is 3.63. The summed E-state index contributed by atoms with van der Waals surface area (Å²) in [5.41, 5.74) is 0.991. The zero-order chi connectivity index (χ0) is 30.6. The standard InChI is InChI=1S/C21H24BrN5O3S.2CH4O3S/c22-16-1-3-18(4-2-16)31(29,30)26-13-19-24-21(15-27(19)20(28)14-26)7-11-25(12-8-21)17-5-9-23-10-6-17;2*1-5(2,3)4/h1-6,9-10,19,24H,7-8,11-15H2;2*1H3,(H,2,3,4). The summed E-state index contributed by atoms with van der Waals surface area (Å²) >= 11 is 3.33. The Balaban J connectivity index is 0.000000400. The number of hydrogen-bond acceptors (Lipinski definition) is 10. The number of pyridine rings is 1. The van der Waals surface area contributed by atoms with Crippen molar-refractivity contribution in [2.75, 3.05) is 50.1 Å². The number of benzene rings is 1. The fourth-order valence-corrected chi connectivity index (χ4v) is 6.47. The molecule has 0 radical (unpaired) electrons. The van der Waals surface area contributed by atoms with Crippen molar-refractivity contribution in [3.05, 3.63) is 53.3 Å². The van der Waals surface area contributed by atoms with Gasteiger partial charge in [0.2, 0.25) is 15.9 Å². The number of aromatic nitrogens is 1. The van der Waals surface area contributed by atoms with Crippen LogP contribution in [0.3, 0.4) is 0 Å². The third kappa shape index (κ3) is 9.95. The molecule has 14 nitrogen and oxygen atoms in total. The minimum atomic E-state index is -3.73. The molecular formula is C23H32BrN5O9S3. The molecule has 1 amide bonds. The van der Waals surface area contributed by atoms with Crippen LogP contribution in [-0.2, 0) is 35.1 Å². The average molecular weight is 699 g/mol. The zero-order valence-electron chi connectivity index (χ0n) is 22.3. The van der Waals surface area contributed by atoms with Crippen LogP contribution in [-0.4, -0.2) is 111 Å². The van der Waals surface area contributed by atoms with Crippen molar-refractivity contribution in [2.45, 2.75) is 29.4 Å². The summed E-state index contributed by atoms with van der Waals surface area (Å²) in [6.07, 6.45) is 6.53. The summed E-state index contributed by atoms with van der Waals surface area (Å²) < 4.78 is 80.1. The number of carbonyl (C=O) groups excluding carboxylic acids is 1. The minimum absolute atomic E-state index is 0.115. The van der Waals surface area contributed by atoms with Gasteiger partial charge in [0, 0.05) is 54.3 Å². The Bertz CT molecular complexity index is 1490. The van der Waals surface area contributed by atoms with E-state index in [0.29, 0.717) is 19.1 Å². The normalized spacial score (nSPS) is 20.9. The lowest BCUT2D eigenvalue weighted by atomic mass is 9.88. The predicted octanol–water partition coefficient (Wildman–Crippen LogP) is 0.654. The molecule has 0 bridgehead atoms. The zero-order valence-corrected chi connectivity index (χ0v) is 26.3. The van der Waals surface area contributed by atoms with Crippen LogP contribution in [0, 0.1) is 0 Å². The molecule has 4 heterocycles. The van der Waals surface area contributed by atoms with E-state index in [2.05, 4.69) is 31.1 Å². The number of nitrogens with one attached hydrogen (secondary N) is 1. The molecule has 1 unspecified atom stereocenters. The Morgan fingerprint density at radius 3 is 1.95 bits per heavy atom. The lowest BCUT2D eigenvalue weighted by Gasteiger charge is -2.40. The van der Waals surface area contributed by atoms with Crippen molar-refractivity contribution in [1.82, 2.24) is 19.5 Å². The number of piperidine rings is 1. The Hall–Kier alpha value is -2.19. The number of fused-ring (bicyclic) bond motifs is 1. The van der Waals surface area contributed by atoms with Gasteiger partial charge in [-0.05, 0) is 49.2 Å². The number of carbonyl (C=O) groups is 1. The molecule has 41 heavy (non-hydrogen) atoms. The van der Waals surface area contributed by atoms with Crippen LogP contribution in [0.4, 0.5) is 5.69 Å². The predicted molar refractivity (Wildman–Crippen MR) is 155 cm³/mol. The monoisotopic (exact) mass is 697 g/mol. The van der Waals surface area contributed by atoms with Crippen LogP contribution < -0.4 is 10.2 Å². The van der Waals surface area contributed by atoms with Crippen LogP contribution in [0.15, 0.2) is 58.2 Å². The van der Waals surface area contributed by atoms with E-state index >= 15 is 0 Å². The molecule has 0 aliphatic carbocycles. The molecule has 5 rings (SSSR count). The number of amides is 1. The number of nitrogens with zero attached hydrogens (tertiary/aromatic N) is 4. The van der Waals surface area contributed by atoms with Gasteiger partial charge >= 0.3 is 0 Å². The highest BCUT2D eigenvalue weighted by atomic mass is 79.9. The molecule has 0 saturated carbocycles. The van der Waals surface area contributed by atoms with Gasteiger partial charge in [-0.25, -0.2) is 8.42 Å². The van der Waals surface area contributed by atoms with Gasteiger partial charge in [0.25, 0.3) is 20.2 Å². The number of hydrogen-bond donors (Lipinski definition) is 3. The molecule has 1 spiro atoms. The molecular weight excluding hydrogens is 666 g/mol. The molecule has 1 aromatic heterocycles. The molecule has 1 atom stereocenters. The van der Waals surface area contributed by atoms with Gasteiger partial charge in [-0.15, -0.1) is 0 Å². The summed E-state index contributed by atoms with van der Waals surface area (Å²) in [5.74, 6) is -0.141. The highest BCUT2D eigenvalue weighted by molar-refractivity contribution is 9.10. The minimum Gasteiger partial charge on any atom is -0.371 e. The molecule has 228 valence electrons. The summed E-state index contributed by atoms with van der Waals surface area (Å²) in [6.45, 7) is 2.54. The maximum atomic E-state index is 13.1. The van der Waals surface area contributed by atoms with Crippen molar-refractivity contribution < 1.29 is 39.2 Å². The molecule has 3 fully saturated rings. The average Bonchev–Trinajstić information content (AvgIpc) is 3.22. The number of anilines is 1. The summed E-state index contributed by atoms with van der Waals surface area (Å²) in [7, 11) is -11.1. The first kappa shape index (κ1) is 33.3. The van der Waals surface area contributed by atoms with E-state index in [-0.39, 0.29) is 35.6 Å². The highest BCUT2D eigenvalue weighted by Gasteiger charge is 2.50. The molecule has 18 heteroatoms. The molecule has 1 aromatic carbocycles. The lowest BCUT2D eigenvalue weighted by molar-refractivity contribution is -0.135. The van der Waals surface area contributed by atoms with Crippen molar-refractivity contribution in [1.29, 1.82) is 0 Å². The van der Waals surface area contributed by atoms with Crippen molar-refractivity contribution in [3.8, 4) is 0 Å². The first-order chi connectivity index (χ1) is 18.9. The van der Waals surface area contributed by atoms with Crippen molar-refractivity contribution in [3.63, 3.8) is 0 Å². The number of sulfonamides is 1. The third-order valence-corrected chi connectivity index (χ3v) is 8.88. The van der Waals surface area contributed by atoms with Gasteiger partial charge < -0.3 is 9.80 Å². The van der Waals surface area contributed by atoms with Crippen LogP contribution in [0.2, 0.25) is 0 Å². The smallest absolute Gasteiger partial charge is 0.261 e. The second kappa shape index (κ2) is 13.0.